The van der Waals surface area contributed by atoms with Gasteiger partial charge in [0.15, 0.2) is 0 Å². The highest BCUT2D eigenvalue weighted by Gasteiger charge is 2.81. The van der Waals surface area contributed by atoms with Crippen molar-refractivity contribution in [3.8, 4) is 0 Å². The zero-order valence-electron chi connectivity index (χ0n) is 17.0. The van der Waals surface area contributed by atoms with Crippen molar-refractivity contribution in [2.45, 2.75) is 90.1 Å². The number of aliphatic hydroxyl groups is 2. The molecule has 5 rings (SSSR count). The summed E-state index contributed by atoms with van der Waals surface area (Å²) < 4.78 is 11.7. The number of ether oxygens (including phenoxy) is 2. The Hall–Kier alpha value is -0.650. The van der Waals surface area contributed by atoms with Gasteiger partial charge in [-0.25, -0.2) is 0 Å². The summed E-state index contributed by atoms with van der Waals surface area (Å²) in [6.45, 7) is 8.34. The van der Waals surface area contributed by atoms with Crippen LogP contribution in [0.2, 0.25) is 0 Å². The van der Waals surface area contributed by atoms with E-state index in [1.54, 1.807) is 0 Å². The summed E-state index contributed by atoms with van der Waals surface area (Å²) in [6, 6.07) is 0. The SMILES string of the molecule is CC(=O)OC[C@]1(C)[C@H]2C[C@H](O)[C@@]34C[C@@H](CC[C@H]3[C@]2(C)CC[C@@H]1O)[C@]1(C)O[C@@H]14. The van der Waals surface area contributed by atoms with Gasteiger partial charge in [0.1, 0.15) is 0 Å². The van der Waals surface area contributed by atoms with Crippen molar-refractivity contribution in [3.63, 3.8) is 0 Å². The quantitative estimate of drug-likeness (QED) is 0.570. The molecule has 5 heteroatoms. The van der Waals surface area contributed by atoms with Crippen molar-refractivity contribution in [2.75, 3.05) is 6.61 Å². The predicted octanol–water partition coefficient (Wildman–Crippen LogP) is 2.67. The molecule has 2 N–H and O–H groups in total. The van der Waals surface area contributed by atoms with E-state index < -0.39 is 17.6 Å². The smallest absolute Gasteiger partial charge is 0.302 e. The maximum Gasteiger partial charge on any atom is 0.302 e. The molecule has 1 aliphatic heterocycles. The summed E-state index contributed by atoms with van der Waals surface area (Å²) in [6.07, 6.45) is 5.08. The Morgan fingerprint density at radius 3 is 2.56 bits per heavy atom. The van der Waals surface area contributed by atoms with Crippen LogP contribution < -0.4 is 0 Å². The average Bonchev–Trinajstić information content (AvgIpc) is 3.28. The first-order valence-electron chi connectivity index (χ1n) is 10.8. The second-order valence-electron chi connectivity index (χ2n) is 11.0. The van der Waals surface area contributed by atoms with Crippen LogP contribution in [0.5, 0.6) is 0 Å². The molecule has 10 atom stereocenters. The third-order valence-electron chi connectivity index (χ3n) is 9.96. The first-order chi connectivity index (χ1) is 12.6. The predicted molar refractivity (Wildman–Crippen MR) is 98.7 cm³/mol. The van der Waals surface area contributed by atoms with Gasteiger partial charge >= 0.3 is 5.97 Å². The van der Waals surface area contributed by atoms with Crippen molar-refractivity contribution in [1.82, 2.24) is 0 Å². The molecule has 0 aromatic heterocycles. The largest absolute Gasteiger partial charge is 0.465 e. The van der Waals surface area contributed by atoms with Crippen LogP contribution in [0.1, 0.15) is 66.2 Å². The zero-order valence-corrected chi connectivity index (χ0v) is 17.0. The van der Waals surface area contributed by atoms with Gasteiger partial charge in [-0.05, 0) is 68.6 Å². The third-order valence-corrected chi connectivity index (χ3v) is 9.96. The lowest BCUT2D eigenvalue weighted by molar-refractivity contribution is -0.242. The summed E-state index contributed by atoms with van der Waals surface area (Å²) >= 11 is 0. The van der Waals surface area contributed by atoms with Crippen LogP contribution in [0.15, 0.2) is 0 Å². The normalized spacial score (nSPS) is 60.8. The minimum absolute atomic E-state index is 0.0197. The van der Waals surface area contributed by atoms with E-state index in [2.05, 4.69) is 20.8 Å². The van der Waals surface area contributed by atoms with Crippen molar-refractivity contribution in [1.29, 1.82) is 0 Å². The molecule has 27 heavy (non-hydrogen) atoms. The number of hydrogen-bond acceptors (Lipinski definition) is 5. The number of aliphatic hydroxyl groups excluding tert-OH is 2. The third kappa shape index (κ3) is 2.04. The second-order valence-corrected chi connectivity index (χ2v) is 11.0. The zero-order chi connectivity index (χ0) is 19.4. The maximum atomic E-state index is 11.5. The van der Waals surface area contributed by atoms with Gasteiger partial charge in [-0.2, -0.15) is 0 Å². The first kappa shape index (κ1) is 18.4. The molecule has 152 valence electrons. The Balaban J connectivity index is 1.54. The number of esters is 1. The van der Waals surface area contributed by atoms with Gasteiger partial charge in [0, 0.05) is 17.8 Å². The summed E-state index contributed by atoms with van der Waals surface area (Å²) in [4.78, 5) is 11.5. The monoisotopic (exact) mass is 378 g/mol. The molecule has 1 heterocycles. The van der Waals surface area contributed by atoms with Crippen LogP contribution in [0, 0.1) is 34.0 Å². The molecule has 1 saturated heterocycles. The molecular formula is C22H34O5. The van der Waals surface area contributed by atoms with E-state index in [0.29, 0.717) is 18.3 Å². The molecule has 2 bridgehead atoms. The van der Waals surface area contributed by atoms with Crippen LogP contribution in [0.3, 0.4) is 0 Å². The highest BCUT2D eigenvalue weighted by atomic mass is 16.6. The lowest BCUT2D eigenvalue weighted by atomic mass is 9.39. The fourth-order valence-corrected chi connectivity index (χ4v) is 8.54. The minimum atomic E-state index is -0.509. The molecule has 5 aliphatic rings. The molecule has 4 saturated carbocycles. The number of fused-ring (bicyclic) bond motifs is 5. The van der Waals surface area contributed by atoms with E-state index in [0.717, 1.165) is 25.7 Å². The van der Waals surface area contributed by atoms with Gasteiger partial charge in [-0.3, -0.25) is 4.79 Å². The van der Waals surface area contributed by atoms with Crippen LogP contribution in [-0.4, -0.2) is 46.7 Å². The van der Waals surface area contributed by atoms with E-state index in [1.165, 1.54) is 13.3 Å². The number of rotatable bonds is 2. The number of carbonyl (C=O) groups is 1. The van der Waals surface area contributed by atoms with Crippen LogP contribution in [0.4, 0.5) is 0 Å². The molecule has 4 aliphatic carbocycles. The molecule has 0 unspecified atom stereocenters. The van der Waals surface area contributed by atoms with Crippen LogP contribution in [0.25, 0.3) is 0 Å². The topological polar surface area (TPSA) is 79.3 Å². The molecule has 0 aromatic rings. The van der Waals surface area contributed by atoms with Crippen molar-refractivity contribution >= 4 is 5.97 Å². The maximum absolute atomic E-state index is 11.5. The molecule has 5 nitrogen and oxygen atoms in total. The lowest BCUT2D eigenvalue weighted by Gasteiger charge is -2.66. The average molecular weight is 379 g/mol. The summed E-state index contributed by atoms with van der Waals surface area (Å²) in [5.41, 5.74) is -0.609. The van der Waals surface area contributed by atoms with E-state index in [4.69, 9.17) is 9.47 Å². The fraction of sp³-hybridized carbons (Fsp3) is 0.955. The van der Waals surface area contributed by atoms with Gasteiger partial charge in [0.05, 0.1) is 30.5 Å². The second kappa shape index (κ2) is 5.28. The molecule has 0 radical (unpaired) electrons. The standard InChI is InChI=1S/C22H34O5/c1-12(23)26-11-20(3)15-9-17(25)22-10-13(21(4)18(22)27-21)5-6-14(22)19(15,2)8-7-16(20)24/h13-18,24-25H,5-11H2,1-4H3/t13-,14+,15+,16+,17+,18+,19+,20-,21+,22-/m1/s1. The Kier molecular flexibility index (Phi) is 3.60. The Morgan fingerprint density at radius 1 is 1.11 bits per heavy atom. The van der Waals surface area contributed by atoms with Gasteiger partial charge in [0.2, 0.25) is 0 Å². The van der Waals surface area contributed by atoms with Crippen molar-refractivity contribution < 1.29 is 24.5 Å². The summed E-state index contributed by atoms with van der Waals surface area (Å²) in [5, 5.41) is 22.4. The highest BCUT2D eigenvalue weighted by Crippen LogP contribution is 2.77. The van der Waals surface area contributed by atoms with E-state index in [9.17, 15) is 15.0 Å². The number of epoxide rings is 1. The number of carbonyl (C=O) groups excluding carboxylic acids is 1. The van der Waals surface area contributed by atoms with Gasteiger partial charge in [-0.15, -0.1) is 0 Å². The van der Waals surface area contributed by atoms with Gasteiger partial charge in [0.25, 0.3) is 0 Å². The van der Waals surface area contributed by atoms with E-state index >= 15 is 0 Å². The Morgan fingerprint density at radius 2 is 1.85 bits per heavy atom. The molecule has 5 fully saturated rings. The Bertz CT molecular complexity index is 680. The first-order valence-corrected chi connectivity index (χ1v) is 10.8. The van der Waals surface area contributed by atoms with Gasteiger partial charge in [-0.1, -0.05) is 13.8 Å². The van der Waals surface area contributed by atoms with E-state index in [-0.39, 0.29) is 41.0 Å². The minimum Gasteiger partial charge on any atom is -0.465 e. The fourth-order valence-electron chi connectivity index (χ4n) is 8.54. The molecule has 0 amide bonds. The summed E-state index contributed by atoms with van der Waals surface area (Å²) in [7, 11) is 0. The van der Waals surface area contributed by atoms with Crippen LogP contribution in [-0.2, 0) is 14.3 Å². The lowest BCUT2D eigenvalue weighted by Crippen LogP contribution is -2.66. The van der Waals surface area contributed by atoms with Crippen molar-refractivity contribution in [3.05, 3.63) is 0 Å². The highest BCUT2D eigenvalue weighted by molar-refractivity contribution is 5.65. The van der Waals surface area contributed by atoms with Crippen LogP contribution >= 0.6 is 0 Å². The van der Waals surface area contributed by atoms with E-state index in [1.807, 2.05) is 0 Å². The molecular weight excluding hydrogens is 344 g/mol. The van der Waals surface area contributed by atoms with Gasteiger partial charge < -0.3 is 19.7 Å². The van der Waals surface area contributed by atoms with Crippen molar-refractivity contribution in [2.24, 2.45) is 34.0 Å². The summed E-state index contributed by atoms with van der Waals surface area (Å²) in [5.74, 6) is 0.825. The molecule has 1 spiro atoms. The number of hydrogen-bond donors (Lipinski definition) is 2. The Labute approximate surface area is 161 Å². The molecule has 0 aromatic carbocycles.